The highest BCUT2D eigenvalue weighted by atomic mass is 16.6. The maximum absolute atomic E-state index is 10.9. The Morgan fingerprint density at radius 3 is 2.89 bits per heavy atom. The van der Waals surface area contributed by atoms with E-state index in [-0.39, 0.29) is 17.4 Å². The summed E-state index contributed by atoms with van der Waals surface area (Å²) in [6, 6.07) is 4.96. The molecule has 0 aliphatic heterocycles. The summed E-state index contributed by atoms with van der Waals surface area (Å²) >= 11 is 0. The molecule has 6 nitrogen and oxygen atoms in total. The zero-order chi connectivity index (χ0) is 13.1. The van der Waals surface area contributed by atoms with Gasteiger partial charge in [-0.25, -0.2) is 4.98 Å². The Kier molecular flexibility index (Phi) is 3.27. The van der Waals surface area contributed by atoms with Crippen molar-refractivity contribution >= 4 is 11.4 Å². The molecule has 2 aromatic rings. The summed E-state index contributed by atoms with van der Waals surface area (Å²) in [6.07, 6.45) is 6.05. The molecule has 18 heavy (non-hydrogen) atoms. The summed E-state index contributed by atoms with van der Waals surface area (Å²) in [7, 11) is 0. The van der Waals surface area contributed by atoms with E-state index in [9.17, 15) is 10.1 Å². The van der Waals surface area contributed by atoms with Crippen LogP contribution in [-0.2, 0) is 0 Å². The molecule has 0 aliphatic rings. The lowest BCUT2D eigenvalue weighted by Crippen LogP contribution is -2.08. The largest absolute Gasteiger partial charge is 0.393 e. The van der Waals surface area contributed by atoms with Crippen LogP contribution in [0.15, 0.2) is 36.9 Å². The second-order valence-corrected chi connectivity index (χ2v) is 4.01. The summed E-state index contributed by atoms with van der Waals surface area (Å²) in [6.45, 7) is 2.02. The third-order valence-corrected chi connectivity index (χ3v) is 2.91. The van der Waals surface area contributed by atoms with Crippen molar-refractivity contribution in [3.05, 3.63) is 52.6 Å². The standard InChI is InChI=1S/C12H14N4O2/c1-2-11(15-6-5-14-8-15)9-3-4-10(13)12(7-9)16(17)18/h3-8,11H,2,13H2,1H3. The van der Waals surface area contributed by atoms with Crippen molar-refractivity contribution in [2.45, 2.75) is 19.4 Å². The SMILES string of the molecule is CCC(c1ccc(N)c([N+](=O)[O-])c1)n1ccnc1. The number of nitrogens with two attached hydrogens (primary N) is 1. The number of nitrogens with zero attached hydrogens (tertiary/aromatic N) is 3. The van der Waals surface area contributed by atoms with Crippen molar-refractivity contribution in [3.8, 4) is 0 Å². The zero-order valence-electron chi connectivity index (χ0n) is 9.98. The minimum Gasteiger partial charge on any atom is -0.393 e. The molecule has 0 aliphatic carbocycles. The number of hydrogen-bond donors (Lipinski definition) is 1. The number of nitro groups is 1. The second-order valence-electron chi connectivity index (χ2n) is 4.01. The van der Waals surface area contributed by atoms with Gasteiger partial charge in [0.25, 0.3) is 5.69 Å². The molecular weight excluding hydrogens is 232 g/mol. The summed E-state index contributed by atoms with van der Waals surface area (Å²) in [5.41, 5.74) is 6.58. The van der Waals surface area contributed by atoms with Gasteiger partial charge in [-0.1, -0.05) is 13.0 Å². The third-order valence-electron chi connectivity index (χ3n) is 2.91. The number of rotatable bonds is 4. The molecule has 0 amide bonds. The Bertz CT molecular complexity index is 551. The molecule has 0 spiro atoms. The van der Waals surface area contributed by atoms with Crippen molar-refractivity contribution < 1.29 is 4.92 Å². The molecule has 1 aromatic carbocycles. The molecule has 6 heteroatoms. The van der Waals surface area contributed by atoms with E-state index < -0.39 is 4.92 Å². The van der Waals surface area contributed by atoms with Crippen LogP contribution in [0.4, 0.5) is 11.4 Å². The van der Waals surface area contributed by atoms with Gasteiger partial charge < -0.3 is 10.3 Å². The van der Waals surface area contributed by atoms with Gasteiger partial charge in [0.15, 0.2) is 0 Å². The first-order chi connectivity index (χ1) is 8.63. The van der Waals surface area contributed by atoms with E-state index in [1.54, 1.807) is 18.6 Å². The highest BCUT2D eigenvalue weighted by Crippen LogP contribution is 2.29. The van der Waals surface area contributed by atoms with Crippen LogP contribution in [0, 0.1) is 10.1 Å². The van der Waals surface area contributed by atoms with Crippen LogP contribution >= 0.6 is 0 Å². The number of imidazole rings is 1. The Hall–Kier alpha value is -2.37. The number of nitrogen functional groups attached to an aromatic ring is 1. The van der Waals surface area contributed by atoms with Crippen LogP contribution in [0.3, 0.4) is 0 Å². The molecule has 0 saturated heterocycles. The normalized spacial score (nSPS) is 12.3. The van der Waals surface area contributed by atoms with Crippen LogP contribution in [0.2, 0.25) is 0 Å². The first-order valence-electron chi connectivity index (χ1n) is 5.64. The van der Waals surface area contributed by atoms with E-state index in [1.165, 1.54) is 6.07 Å². The highest BCUT2D eigenvalue weighted by Gasteiger charge is 2.17. The molecule has 1 unspecified atom stereocenters. The van der Waals surface area contributed by atoms with Gasteiger partial charge in [-0.2, -0.15) is 0 Å². The van der Waals surface area contributed by atoms with E-state index in [0.717, 1.165) is 12.0 Å². The van der Waals surface area contributed by atoms with Crippen LogP contribution in [0.5, 0.6) is 0 Å². The van der Waals surface area contributed by atoms with E-state index in [0.29, 0.717) is 0 Å². The molecule has 0 radical (unpaired) electrons. The van der Waals surface area contributed by atoms with Gasteiger partial charge in [0, 0.05) is 18.5 Å². The third kappa shape index (κ3) is 2.17. The first kappa shape index (κ1) is 12.1. The van der Waals surface area contributed by atoms with E-state index in [2.05, 4.69) is 4.98 Å². The quantitative estimate of drug-likeness (QED) is 0.509. The average Bonchev–Trinajstić information content (AvgIpc) is 2.85. The molecule has 1 aromatic heterocycles. The fourth-order valence-electron chi connectivity index (χ4n) is 2.00. The fraction of sp³-hybridized carbons (Fsp3) is 0.250. The molecule has 2 N–H and O–H groups in total. The lowest BCUT2D eigenvalue weighted by Gasteiger charge is -2.17. The van der Waals surface area contributed by atoms with Gasteiger partial charge in [-0.05, 0) is 18.1 Å². The van der Waals surface area contributed by atoms with Gasteiger partial charge in [-0.15, -0.1) is 0 Å². The Labute approximate surface area is 104 Å². The number of anilines is 1. The monoisotopic (exact) mass is 246 g/mol. The maximum atomic E-state index is 10.9. The van der Waals surface area contributed by atoms with Gasteiger partial charge in [0.1, 0.15) is 5.69 Å². The van der Waals surface area contributed by atoms with Gasteiger partial charge >= 0.3 is 0 Å². The summed E-state index contributed by atoms with van der Waals surface area (Å²) in [5, 5.41) is 10.9. The molecule has 0 saturated carbocycles. The molecule has 1 atom stereocenters. The smallest absolute Gasteiger partial charge is 0.292 e. The highest BCUT2D eigenvalue weighted by molar-refractivity contribution is 5.59. The van der Waals surface area contributed by atoms with Crippen molar-refractivity contribution in [2.75, 3.05) is 5.73 Å². The molecular formula is C12H14N4O2. The van der Waals surface area contributed by atoms with Crippen molar-refractivity contribution in [1.82, 2.24) is 9.55 Å². The Morgan fingerprint density at radius 2 is 2.33 bits per heavy atom. The number of benzene rings is 1. The fourth-order valence-corrected chi connectivity index (χ4v) is 2.00. The van der Waals surface area contributed by atoms with Gasteiger partial charge in [-0.3, -0.25) is 10.1 Å². The average molecular weight is 246 g/mol. The lowest BCUT2D eigenvalue weighted by molar-refractivity contribution is -0.384. The van der Waals surface area contributed by atoms with Crippen LogP contribution in [0.25, 0.3) is 0 Å². The van der Waals surface area contributed by atoms with Crippen LogP contribution in [0.1, 0.15) is 24.9 Å². The predicted molar refractivity (Wildman–Crippen MR) is 68.2 cm³/mol. The van der Waals surface area contributed by atoms with E-state index in [1.807, 2.05) is 23.8 Å². The van der Waals surface area contributed by atoms with Crippen molar-refractivity contribution in [1.29, 1.82) is 0 Å². The van der Waals surface area contributed by atoms with E-state index >= 15 is 0 Å². The maximum Gasteiger partial charge on any atom is 0.292 e. The zero-order valence-corrected chi connectivity index (χ0v) is 9.98. The molecule has 94 valence electrons. The number of hydrogen-bond acceptors (Lipinski definition) is 4. The number of aromatic nitrogens is 2. The van der Waals surface area contributed by atoms with Crippen LogP contribution in [-0.4, -0.2) is 14.5 Å². The van der Waals surface area contributed by atoms with Gasteiger partial charge in [0.05, 0.1) is 17.3 Å². The van der Waals surface area contributed by atoms with Gasteiger partial charge in [0.2, 0.25) is 0 Å². The lowest BCUT2D eigenvalue weighted by atomic mass is 10.0. The van der Waals surface area contributed by atoms with E-state index in [4.69, 9.17) is 5.73 Å². The Balaban J connectivity index is 2.44. The number of nitro benzene ring substituents is 1. The molecule has 0 fully saturated rings. The van der Waals surface area contributed by atoms with Crippen molar-refractivity contribution in [2.24, 2.45) is 0 Å². The van der Waals surface area contributed by atoms with Crippen molar-refractivity contribution in [3.63, 3.8) is 0 Å². The Morgan fingerprint density at radius 1 is 1.56 bits per heavy atom. The minimum absolute atomic E-state index is 0.0341. The summed E-state index contributed by atoms with van der Waals surface area (Å²) in [4.78, 5) is 14.4. The second kappa shape index (κ2) is 4.87. The topological polar surface area (TPSA) is 87.0 Å². The molecule has 1 heterocycles. The predicted octanol–water partition coefficient (Wildman–Crippen LogP) is 2.37. The minimum atomic E-state index is -0.459. The van der Waals surface area contributed by atoms with Crippen LogP contribution < -0.4 is 5.73 Å². The first-order valence-corrected chi connectivity index (χ1v) is 5.64. The molecule has 2 rings (SSSR count). The molecule has 0 bridgehead atoms. The summed E-state index contributed by atoms with van der Waals surface area (Å²) in [5.74, 6) is 0. The summed E-state index contributed by atoms with van der Waals surface area (Å²) < 4.78 is 1.93.